The minimum Gasteiger partial charge on any atom is -0.355 e. The molecular formula is C16H20N8. The number of nitrogens with zero attached hydrogens (tertiary/aromatic N) is 8. The lowest BCUT2D eigenvalue weighted by molar-refractivity contribution is 0.475. The molecule has 1 saturated heterocycles. The monoisotopic (exact) mass is 324 g/mol. The van der Waals surface area contributed by atoms with Crippen molar-refractivity contribution in [2.75, 3.05) is 18.0 Å². The molecule has 0 radical (unpaired) electrons. The van der Waals surface area contributed by atoms with Crippen LogP contribution in [0.15, 0.2) is 37.3 Å². The number of rotatable bonds is 4. The van der Waals surface area contributed by atoms with E-state index in [0.29, 0.717) is 12.5 Å². The van der Waals surface area contributed by atoms with E-state index in [4.69, 9.17) is 0 Å². The second kappa shape index (κ2) is 6.38. The fourth-order valence-electron chi connectivity index (χ4n) is 3.26. The number of piperidine rings is 1. The first kappa shape index (κ1) is 14.8. The topological polar surface area (TPSA) is 77.5 Å². The maximum Gasteiger partial charge on any atom is 0.152 e. The van der Waals surface area contributed by atoms with Crippen molar-refractivity contribution in [1.82, 2.24) is 34.3 Å². The molecule has 3 aromatic rings. The molecule has 0 amide bonds. The van der Waals surface area contributed by atoms with Crippen LogP contribution >= 0.6 is 0 Å². The zero-order chi connectivity index (χ0) is 16.4. The molecule has 0 saturated carbocycles. The summed E-state index contributed by atoms with van der Waals surface area (Å²) >= 11 is 0. The molecule has 0 aromatic carbocycles. The van der Waals surface area contributed by atoms with Crippen LogP contribution in [0.1, 0.15) is 30.4 Å². The van der Waals surface area contributed by atoms with E-state index in [1.807, 2.05) is 24.0 Å². The van der Waals surface area contributed by atoms with Gasteiger partial charge in [-0.05, 0) is 12.8 Å². The summed E-state index contributed by atoms with van der Waals surface area (Å²) in [6.07, 6.45) is 13.0. The van der Waals surface area contributed by atoms with Gasteiger partial charge in [0.1, 0.15) is 11.6 Å². The van der Waals surface area contributed by atoms with Crippen molar-refractivity contribution in [2.24, 2.45) is 7.05 Å². The lowest BCUT2D eigenvalue weighted by Crippen LogP contribution is -2.35. The second-order valence-electron chi connectivity index (χ2n) is 6.12. The van der Waals surface area contributed by atoms with Crippen molar-refractivity contribution in [3.05, 3.63) is 49.0 Å². The van der Waals surface area contributed by atoms with Crippen LogP contribution in [-0.2, 0) is 13.6 Å². The van der Waals surface area contributed by atoms with Crippen LogP contribution in [0.3, 0.4) is 0 Å². The van der Waals surface area contributed by atoms with Crippen molar-refractivity contribution >= 4 is 5.82 Å². The Hall–Kier alpha value is -2.77. The summed E-state index contributed by atoms with van der Waals surface area (Å²) in [5, 5.41) is 8.85. The number of anilines is 1. The normalized spacial score (nSPS) is 18.0. The van der Waals surface area contributed by atoms with E-state index in [1.165, 1.54) is 0 Å². The van der Waals surface area contributed by atoms with Crippen LogP contribution in [0.25, 0.3) is 0 Å². The molecule has 4 rings (SSSR count). The predicted octanol–water partition coefficient (Wildman–Crippen LogP) is 1.23. The Morgan fingerprint density at radius 2 is 2.12 bits per heavy atom. The zero-order valence-electron chi connectivity index (χ0n) is 13.7. The van der Waals surface area contributed by atoms with Crippen molar-refractivity contribution in [2.45, 2.75) is 25.3 Å². The van der Waals surface area contributed by atoms with Gasteiger partial charge in [-0.15, -0.1) is 10.2 Å². The van der Waals surface area contributed by atoms with E-state index in [9.17, 15) is 0 Å². The van der Waals surface area contributed by atoms with Gasteiger partial charge in [0.15, 0.2) is 5.82 Å². The summed E-state index contributed by atoms with van der Waals surface area (Å²) in [6.45, 7) is 2.59. The maximum absolute atomic E-state index is 4.46. The quantitative estimate of drug-likeness (QED) is 0.718. The number of hydrogen-bond donors (Lipinski definition) is 0. The van der Waals surface area contributed by atoms with E-state index in [2.05, 4.69) is 34.6 Å². The first-order chi connectivity index (χ1) is 11.8. The Morgan fingerprint density at radius 3 is 2.92 bits per heavy atom. The molecule has 0 bridgehead atoms. The van der Waals surface area contributed by atoms with Crippen molar-refractivity contribution < 1.29 is 0 Å². The largest absolute Gasteiger partial charge is 0.355 e. The zero-order valence-corrected chi connectivity index (χ0v) is 13.7. The van der Waals surface area contributed by atoms with Crippen LogP contribution < -0.4 is 4.90 Å². The van der Waals surface area contributed by atoms with Gasteiger partial charge in [0.05, 0.1) is 19.1 Å². The first-order valence-corrected chi connectivity index (χ1v) is 8.16. The highest BCUT2D eigenvalue weighted by Gasteiger charge is 2.26. The average Bonchev–Trinajstić information content (AvgIpc) is 3.27. The number of aromatic nitrogens is 7. The summed E-state index contributed by atoms with van der Waals surface area (Å²) in [6, 6.07) is 0. The molecule has 24 heavy (non-hydrogen) atoms. The lowest BCUT2D eigenvalue weighted by Gasteiger charge is -2.32. The molecule has 4 heterocycles. The van der Waals surface area contributed by atoms with Crippen LogP contribution in [0.2, 0.25) is 0 Å². The molecule has 0 aliphatic carbocycles. The van der Waals surface area contributed by atoms with Crippen molar-refractivity contribution in [3.63, 3.8) is 0 Å². The smallest absolute Gasteiger partial charge is 0.152 e. The Kier molecular flexibility index (Phi) is 3.94. The molecule has 8 nitrogen and oxygen atoms in total. The molecular weight excluding hydrogens is 304 g/mol. The maximum atomic E-state index is 4.46. The Bertz CT molecular complexity index is 780. The fraction of sp³-hybridized carbons (Fsp3) is 0.438. The van der Waals surface area contributed by atoms with Gasteiger partial charge >= 0.3 is 0 Å². The number of hydrogen-bond acceptors (Lipinski definition) is 6. The molecule has 1 atom stereocenters. The van der Waals surface area contributed by atoms with Gasteiger partial charge in [-0.2, -0.15) is 0 Å². The third-order valence-electron chi connectivity index (χ3n) is 4.54. The van der Waals surface area contributed by atoms with Gasteiger partial charge in [-0.25, -0.2) is 9.97 Å². The molecule has 1 fully saturated rings. The summed E-state index contributed by atoms with van der Waals surface area (Å²) in [7, 11) is 2.04. The van der Waals surface area contributed by atoms with E-state index in [1.54, 1.807) is 24.9 Å². The lowest BCUT2D eigenvalue weighted by atomic mass is 9.97. The molecule has 124 valence electrons. The molecule has 0 N–H and O–H groups in total. The minimum absolute atomic E-state index is 0.356. The van der Waals surface area contributed by atoms with Crippen molar-refractivity contribution in [3.8, 4) is 0 Å². The third-order valence-corrected chi connectivity index (χ3v) is 4.54. The highest BCUT2D eigenvalue weighted by molar-refractivity contribution is 5.36. The van der Waals surface area contributed by atoms with Gasteiger partial charge in [-0.3, -0.25) is 4.98 Å². The first-order valence-electron chi connectivity index (χ1n) is 8.16. The Balaban J connectivity index is 1.52. The van der Waals surface area contributed by atoms with E-state index in [-0.39, 0.29) is 0 Å². The van der Waals surface area contributed by atoms with Gasteiger partial charge in [-0.1, -0.05) is 0 Å². The number of imidazole rings is 1. The summed E-state index contributed by atoms with van der Waals surface area (Å²) in [5.74, 6) is 3.27. The van der Waals surface area contributed by atoms with E-state index in [0.717, 1.165) is 43.4 Å². The fourth-order valence-corrected chi connectivity index (χ4v) is 3.26. The van der Waals surface area contributed by atoms with Gasteiger partial charge in [0, 0.05) is 50.8 Å². The molecule has 0 unspecified atom stereocenters. The van der Waals surface area contributed by atoms with Crippen LogP contribution in [0.5, 0.6) is 0 Å². The summed E-state index contributed by atoms with van der Waals surface area (Å²) in [5.41, 5.74) is 0. The summed E-state index contributed by atoms with van der Waals surface area (Å²) < 4.78 is 4.12. The highest BCUT2D eigenvalue weighted by Crippen LogP contribution is 2.28. The van der Waals surface area contributed by atoms with Crippen LogP contribution in [-0.4, -0.2) is 47.4 Å². The standard InChI is InChI=1S/C16H20N8/c1-22-15(11-23-8-6-18-12-23)20-21-16(22)13-3-2-7-24(10-13)14-9-17-4-5-19-14/h4-6,8-9,12-13H,2-3,7,10-11H2,1H3/t13-/m0/s1. The van der Waals surface area contributed by atoms with E-state index >= 15 is 0 Å². The molecule has 1 aliphatic rings. The third kappa shape index (κ3) is 2.86. The van der Waals surface area contributed by atoms with E-state index < -0.39 is 0 Å². The summed E-state index contributed by atoms with van der Waals surface area (Å²) in [4.78, 5) is 15.0. The Morgan fingerprint density at radius 1 is 1.17 bits per heavy atom. The Labute approximate surface area is 140 Å². The van der Waals surface area contributed by atoms with Crippen molar-refractivity contribution in [1.29, 1.82) is 0 Å². The average molecular weight is 324 g/mol. The van der Waals surface area contributed by atoms with Crippen LogP contribution in [0.4, 0.5) is 5.82 Å². The molecule has 3 aromatic heterocycles. The van der Waals surface area contributed by atoms with Crippen LogP contribution in [0, 0.1) is 0 Å². The minimum atomic E-state index is 0.356. The van der Waals surface area contributed by atoms with Gasteiger partial charge < -0.3 is 14.0 Å². The van der Waals surface area contributed by atoms with Gasteiger partial charge in [0.2, 0.25) is 0 Å². The predicted molar refractivity (Wildman–Crippen MR) is 88.6 cm³/mol. The molecule has 1 aliphatic heterocycles. The highest BCUT2D eigenvalue weighted by atomic mass is 15.3. The second-order valence-corrected chi connectivity index (χ2v) is 6.12. The SMILES string of the molecule is Cn1c(Cn2ccnc2)nnc1[C@H]1CCCN(c2cnccn2)C1. The van der Waals surface area contributed by atoms with Gasteiger partial charge in [0.25, 0.3) is 0 Å². The molecule has 8 heteroatoms. The molecule has 0 spiro atoms.